The molecule has 0 radical (unpaired) electrons. The summed E-state index contributed by atoms with van der Waals surface area (Å²) in [5.74, 6) is 0. The predicted molar refractivity (Wildman–Crippen MR) is 22.2 cm³/mol. The predicted octanol–water partition coefficient (Wildman–Crippen LogP) is -2.55. The van der Waals surface area contributed by atoms with E-state index in [9.17, 15) is 0 Å². The second-order valence-electron chi connectivity index (χ2n) is 0.447. The van der Waals surface area contributed by atoms with E-state index in [1.54, 1.807) is 0 Å². The quantitative estimate of drug-likeness (QED) is 0.268. The monoisotopic (exact) mass is 226 g/mol. The van der Waals surface area contributed by atoms with Gasteiger partial charge in [-0.25, -0.2) is 16.8 Å². The topological polar surface area (TPSA) is 114 Å². The molecule has 0 unspecified atom stereocenters. The Bertz CT molecular complexity index is 128. The average Bonchev–Trinajstić information content (AvgIpc) is 1.25. The number of hydrogen-bond donors (Lipinski definition) is 2. The molecule has 0 aromatic heterocycles. The van der Waals surface area contributed by atoms with Gasteiger partial charge < -0.3 is 9.11 Å². The smallest absolute Gasteiger partial charge is 0.750 e. The van der Waals surface area contributed by atoms with Crippen LogP contribution in [0.15, 0.2) is 0 Å². The first kappa shape index (κ1) is 16.2. The zero-order chi connectivity index (χ0) is 7.15. The summed E-state index contributed by atoms with van der Waals surface area (Å²) in [5, 5.41) is 0. The van der Waals surface area contributed by atoms with Crippen molar-refractivity contribution in [2.45, 2.75) is 0 Å². The van der Waals surface area contributed by atoms with Gasteiger partial charge in [-0.3, -0.25) is 0 Å². The van der Waals surface area contributed by atoms with Crippen LogP contribution >= 0.6 is 0 Å². The van der Waals surface area contributed by atoms with Gasteiger partial charge in [-0.2, -0.15) is 0 Å². The zero-order valence-corrected chi connectivity index (χ0v) is 8.81. The molecule has 0 saturated carbocycles. The second-order valence-corrected chi connectivity index (χ2v) is 1.34. The molecule has 0 amide bonds. The first-order valence-electron chi connectivity index (χ1n) is 1.10. The van der Waals surface area contributed by atoms with Crippen molar-refractivity contribution in [1.82, 2.24) is 0 Å². The number of thiol groups is 2. The maximum absolute atomic E-state index is 8.48. The molecule has 0 bridgehead atoms. The van der Waals surface area contributed by atoms with Gasteiger partial charge >= 0.3 is 19.5 Å². The van der Waals surface area contributed by atoms with Crippen LogP contribution in [0.1, 0.15) is 0 Å². The second kappa shape index (κ2) is 11.3. The van der Waals surface area contributed by atoms with Gasteiger partial charge in [0, 0.05) is 0 Å². The minimum Gasteiger partial charge on any atom is -0.750 e. The summed E-state index contributed by atoms with van der Waals surface area (Å²) in [5.41, 5.74) is 0. The van der Waals surface area contributed by atoms with Gasteiger partial charge in [-0.05, 0) is 0 Å². The van der Waals surface area contributed by atoms with Crippen LogP contribution in [0.5, 0.6) is 0 Å². The van der Waals surface area contributed by atoms with Gasteiger partial charge in [0.15, 0.2) is 0 Å². The van der Waals surface area contributed by atoms with E-state index in [4.69, 9.17) is 25.9 Å². The molecule has 0 spiro atoms. The fourth-order valence-electron chi connectivity index (χ4n) is 0. The Morgan fingerprint density at radius 2 is 0.778 bits per heavy atom. The third kappa shape index (κ3) is 1780. The molecular formula is H2O6S2Zn. The molecule has 52 valence electrons. The molecule has 9 heteroatoms. The van der Waals surface area contributed by atoms with Gasteiger partial charge in [0.05, 0.1) is 22.0 Å². The molecule has 0 atom stereocenters. The molecule has 0 N–H and O–H groups in total. The fourth-order valence-corrected chi connectivity index (χ4v) is 0. The number of hydrogen-bond acceptors (Lipinski definition) is 6. The van der Waals surface area contributed by atoms with Crippen LogP contribution < -0.4 is 0 Å². The minimum atomic E-state index is -3.37. The van der Waals surface area contributed by atoms with E-state index in [1.165, 1.54) is 0 Å². The summed E-state index contributed by atoms with van der Waals surface area (Å²) >= 11 is 0. The van der Waals surface area contributed by atoms with E-state index in [-0.39, 0.29) is 19.5 Å². The van der Waals surface area contributed by atoms with Crippen LogP contribution in [-0.4, -0.2) is 25.9 Å². The molecule has 9 heavy (non-hydrogen) atoms. The Balaban J connectivity index is -0.0000000720. The molecule has 0 fully saturated rings. The summed E-state index contributed by atoms with van der Waals surface area (Å²) < 4.78 is 50.9. The van der Waals surface area contributed by atoms with Crippen molar-refractivity contribution in [2.24, 2.45) is 0 Å². The third-order valence-corrected chi connectivity index (χ3v) is 0. The molecule has 0 aromatic carbocycles. The first-order valence-corrected chi connectivity index (χ1v) is 3.29. The van der Waals surface area contributed by atoms with Gasteiger partial charge in [-0.1, -0.05) is 0 Å². The molecule has 0 aliphatic heterocycles. The summed E-state index contributed by atoms with van der Waals surface area (Å²) in [6, 6.07) is 0. The van der Waals surface area contributed by atoms with Crippen molar-refractivity contribution < 1.29 is 45.4 Å². The Kier molecular flexibility index (Phi) is 20.3. The van der Waals surface area contributed by atoms with Crippen molar-refractivity contribution >= 4 is 22.0 Å². The largest absolute Gasteiger partial charge is 2.00 e. The van der Waals surface area contributed by atoms with Crippen LogP contribution in [0.2, 0.25) is 0 Å². The first-order chi connectivity index (χ1) is 3.46. The van der Waals surface area contributed by atoms with E-state index in [1.807, 2.05) is 0 Å². The van der Waals surface area contributed by atoms with Crippen LogP contribution in [0.25, 0.3) is 0 Å². The summed E-state index contributed by atoms with van der Waals surface area (Å²) in [6.07, 6.45) is 0. The zero-order valence-electron chi connectivity index (χ0n) is 4.05. The molecule has 6 nitrogen and oxygen atoms in total. The molecule has 0 aliphatic rings. The van der Waals surface area contributed by atoms with Crippen molar-refractivity contribution in [3.63, 3.8) is 0 Å². The van der Waals surface area contributed by atoms with E-state index in [2.05, 4.69) is 0 Å². The maximum atomic E-state index is 8.48. The van der Waals surface area contributed by atoms with Crippen LogP contribution in [0, 0.1) is 0 Å². The molecule has 0 saturated heterocycles. The average molecular weight is 228 g/mol. The fraction of sp³-hybridized carbons (Fsp3) is 0. The van der Waals surface area contributed by atoms with Crippen molar-refractivity contribution in [2.75, 3.05) is 0 Å². The van der Waals surface area contributed by atoms with Crippen LogP contribution in [-0.2, 0) is 41.4 Å². The van der Waals surface area contributed by atoms with E-state index in [0.717, 1.165) is 0 Å². The van der Waals surface area contributed by atoms with Crippen molar-refractivity contribution in [1.29, 1.82) is 0 Å². The van der Waals surface area contributed by atoms with E-state index in [0.29, 0.717) is 0 Å². The number of rotatable bonds is 0. The molecular weight excluding hydrogens is 226 g/mol. The molecule has 0 rings (SSSR count). The summed E-state index contributed by atoms with van der Waals surface area (Å²) in [6.45, 7) is 0. The molecule has 0 aliphatic carbocycles. The van der Waals surface area contributed by atoms with Gasteiger partial charge in [0.2, 0.25) is 0 Å². The summed E-state index contributed by atoms with van der Waals surface area (Å²) in [7, 11) is -6.74. The van der Waals surface area contributed by atoms with Gasteiger partial charge in [0.25, 0.3) is 0 Å². The summed E-state index contributed by atoms with van der Waals surface area (Å²) in [4.78, 5) is 0. The van der Waals surface area contributed by atoms with Crippen LogP contribution in [0.4, 0.5) is 0 Å². The van der Waals surface area contributed by atoms with E-state index >= 15 is 0 Å². The molecule has 0 aromatic rings. The third-order valence-electron chi connectivity index (χ3n) is 0. The Morgan fingerprint density at radius 1 is 0.778 bits per heavy atom. The normalized spacial score (nSPS) is 7.56. The Hall–Kier alpha value is 0.443. The molecule has 0 heterocycles. The van der Waals surface area contributed by atoms with E-state index < -0.39 is 22.0 Å². The maximum Gasteiger partial charge on any atom is 2.00 e. The standard InChI is InChI=1S/2H2O3S.Zn/c2*1-4(2)3;/h2*4H,(H,1,2,3);/q;;+2/p-2. The minimum absolute atomic E-state index is 0. The Labute approximate surface area is 67.6 Å². The SMILES string of the molecule is O=[SH](=O)[O-].O=[SH](=O)[O-].[Zn+2]. The van der Waals surface area contributed by atoms with Crippen LogP contribution in [0.3, 0.4) is 0 Å². The van der Waals surface area contributed by atoms with Crippen molar-refractivity contribution in [3.05, 3.63) is 0 Å². The van der Waals surface area contributed by atoms with Gasteiger partial charge in [-0.15, -0.1) is 0 Å². The Morgan fingerprint density at radius 3 is 0.778 bits per heavy atom. The van der Waals surface area contributed by atoms with Gasteiger partial charge in [0.1, 0.15) is 0 Å². The van der Waals surface area contributed by atoms with Crippen molar-refractivity contribution in [3.8, 4) is 0 Å².